The number of benzene rings is 1. The lowest BCUT2D eigenvalue weighted by Gasteiger charge is -2.12. The van der Waals surface area contributed by atoms with Gasteiger partial charge in [0, 0.05) is 12.6 Å². The summed E-state index contributed by atoms with van der Waals surface area (Å²) >= 11 is 0. The minimum absolute atomic E-state index is 0.269. The van der Waals surface area contributed by atoms with E-state index in [0.717, 1.165) is 30.5 Å². The van der Waals surface area contributed by atoms with Gasteiger partial charge in [-0.15, -0.1) is 0 Å². The molecule has 0 radical (unpaired) electrons. The molecule has 1 fully saturated rings. The second-order valence-corrected chi connectivity index (χ2v) is 6.74. The third-order valence-corrected chi connectivity index (χ3v) is 4.59. The van der Waals surface area contributed by atoms with Gasteiger partial charge in [-0.3, -0.25) is 0 Å². The summed E-state index contributed by atoms with van der Waals surface area (Å²) in [5.74, 6) is 0. The van der Waals surface area contributed by atoms with E-state index in [1.54, 1.807) is 12.1 Å². The van der Waals surface area contributed by atoms with Crippen molar-refractivity contribution in [1.29, 1.82) is 0 Å². The molecule has 100 valence electrons. The summed E-state index contributed by atoms with van der Waals surface area (Å²) in [7, 11) is -3.38. The van der Waals surface area contributed by atoms with Crippen molar-refractivity contribution in [3.05, 3.63) is 29.3 Å². The molecule has 0 bridgehead atoms. The minimum Gasteiger partial charge on any atom is -0.313 e. The highest BCUT2D eigenvalue weighted by Crippen LogP contribution is 2.14. The van der Waals surface area contributed by atoms with Crippen LogP contribution in [0.4, 0.5) is 0 Å². The fraction of sp³-hybridized carbons (Fsp3) is 0.538. The van der Waals surface area contributed by atoms with Crippen LogP contribution in [0, 0.1) is 13.8 Å². The van der Waals surface area contributed by atoms with Crippen molar-refractivity contribution in [3.63, 3.8) is 0 Å². The number of nitrogens with one attached hydrogen (secondary N) is 2. The predicted molar refractivity (Wildman–Crippen MR) is 72.1 cm³/mol. The Labute approximate surface area is 109 Å². The van der Waals surface area contributed by atoms with Crippen molar-refractivity contribution in [2.75, 3.05) is 13.1 Å². The predicted octanol–water partition coefficient (Wildman–Crippen LogP) is 1.33. The van der Waals surface area contributed by atoms with Crippen LogP contribution in [0.5, 0.6) is 0 Å². The molecule has 1 heterocycles. The lowest BCUT2D eigenvalue weighted by molar-refractivity contribution is 0.551. The molecular formula is C13H20N2O2S. The van der Waals surface area contributed by atoms with E-state index >= 15 is 0 Å². The fourth-order valence-corrected chi connectivity index (χ4v) is 3.58. The summed E-state index contributed by atoms with van der Waals surface area (Å²) in [6, 6.07) is 5.65. The zero-order valence-electron chi connectivity index (χ0n) is 10.9. The number of hydrogen-bond donors (Lipinski definition) is 2. The molecule has 1 aliphatic heterocycles. The first-order chi connectivity index (χ1) is 8.47. The van der Waals surface area contributed by atoms with Crippen molar-refractivity contribution in [3.8, 4) is 0 Å². The summed E-state index contributed by atoms with van der Waals surface area (Å²) in [5.41, 5.74) is 1.93. The van der Waals surface area contributed by atoms with Gasteiger partial charge >= 0.3 is 0 Å². The van der Waals surface area contributed by atoms with Crippen molar-refractivity contribution in [2.45, 2.75) is 37.6 Å². The van der Waals surface area contributed by atoms with Gasteiger partial charge in [0.15, 0.2) is 0 Å². The molecule has 0 spiro atoms. The minimum atomic E-state index is -3.38. The van der Waals surface area contributed by atoms with Gasteiger partial charge < -0.3 is 5.32 Å². The van der Waals surface area contributed by atoms with Crippen LogP contribution in [0.25, 0.3) is 0 Å². The zero-order valence-corrected chi connectivity index (χ0v) is 11.7. The fourth-order valence-electron chi connectivity index (χ4n) is 2.31. The van der Waals surface area contributed by atoms with E-state index < -0.39 is 10.0 Å². The Morgan fingerprint density at radius 1 is 1.28 bits per heavy atom. The van der Waals surface area contributed by atoms with E-state index in [0.29, 0.717) is 11.4 Å². The molecule has 0 aromatic heterocycles. The molecule has 2 N–H and O–H groups in total. The van der Waals surface area contributed by atoms with E-state index in [1.165, 1.54) is 0 Å². The molecule has 0 amide bonds. The summed E-state index contributed by atoms with van der Waals surface area (Å²) in [5, 5.41) is 3.28. The first-order valence-electron chi connectivity index (χ1n) is 6.29. The second-order valence-electron chi connectivity index (χ2n) is 4.97. The number of hydrogen-bond acceptors (Lipinski definition) is 3. The van der Waals surface area contributed by atoms with Gasteiger partial charge in [-0.2, -0.15) is 0 Å². The molecule has 5 heteroatoms. The molecule has 1 saturated heterocycles. The van der Waals surface area contributed by atoms with Gasteiger partial charge in [0.05, 0.1) is 4.90 Å². The van der Waals surface area contributed by atoms with Crippen LogP contribution in [0.2, 0.25) is 0 Å². The highest BCUT2D eigenvalue weighted by molar-refractivity contribution is 7.89. The number of aryl methyl sites for hydroxylation is 2. The molecule has 18 heavy (non-hydrogen) atoms. The molecule has 0 saturated carbocycles. The van der Waals surface area contributed by atoms with Crippen LogP contribution < -0.4 is 10.0 Å². The van der Waals surface area contributed by atoms with Gasteiger partial charge in [-0.25, -0.2) is 13.1 Å². The first-order valence-corrected chi connectivity index (χ1v) is 7.77. The summed E-state index contributed by atoms with van der Waals surface area (Å²) < 4.78 is 27.0. The van der Waals surface area contributed by atoms with E-state index in [2.05, 4.69) is 10.0 Å². The van der Waals surface area contributed by atoms with Crippen molar-refractivity contribution >= 4 is 10.0 Å². The molecular weight excluding hydrogens is 248 g/mol. The molecule has 1 aromatic rings. The summed E-state index contributed by atoms with van der Waals surface area (Å²) in [6.07, 6.45) is 2.16. The van der Waals surface area contributed by atoms with Gasteiger partial charge in [-0.05, 0) is 56.5 Å². The first kappa shape index (κ1) is 13.5. The largest absolute Gasteiger partial charge is 0.313 e. The molecule has 1 aromatic carbocycles. The lowest BCUT2D eigenvalue weighted by Crippen LogP contribution is -2.37. The Morgan fingerprint density at radius 3 is 2.50 bits per heavy atom. The normalized spacial score (nSPS) is 20.2. The van der Waals surface area contributed by atoms with Crippen molar-refractivity contribution in [1.82, 2.24) is 10.0 Å². The average molecular weight is 268 g/mol. The highest BCUT2D eigenvalue weighted by Gasteiger charge is 2.19. The van der Waals surface area contributed by atoms with Crippen LogP contribution in [0.3, 0.4) is 0 Å². The number of rotatable bonds is 4. The number of sulfonamides is 1. The Kier molecular flexibility index (Phi) is 4.04. The maximum absolute atomic E-state index is 12.2. The maximum Gasteiger partial charge on any atom is 0.240 e. The van der Waals surface area contributed by atoms with Crippen molar-refractivity contribution in [2.24, 2.45) is 0 Å². The molecule has 4 nitrogen and oxygen atoms in total. The monoisotopic (exact) mass is 268 g/mol. The summed E-state index contributed by atoms with van der Waals surface area (Å²) in [6.45, 7) is 5.26. The van der Waals surface area contributed by atoms with E-state index in [1.807, 2.05) is 19.9 Å². The SMILES string of the molecule is Cc1cc(C)cc(S(=O)(=O)NCC2CCCN2)c1. The highest BCUT2D eigenvalue weighted by atomic mass is 32.2. The van der Waals surface area contributed by atoms with Gasteiger partial charge in [0.1, 0.15) is 0 Å². The second kappa shape index (κ2) is 5.38. The van der Waals surface area contributed by atoms with Crippen LogP contribution in [-0.4, -0.2) is 27.5 Å². The Balaban J connectivity index is 2.09. The van der Waals surface area contributed by atoms with Crippen LogP contribution >= 0.6 is 0 Å². The molecule has 1 unspecified atom stereocenters. The molecule has 1 atom stereocenters. The van der Waals surface area contributed by atoms with E-state index in [9.17, 15) is 8.42 Å². The third-order valence-electron chi connectivity index (χ3n) is 3.19. The van der Waals surface area contributed by atoms with Gasteiger partial charge in [-0.1, -0.05) is 6.07 Å². The van der Waals surface area contributed by atoms with Crippen LogP contribution in [0.15, 0.2) is 23.1 Å². The van der Waals surface area contributed by atoms with Crippen molar-refractivity contribution < 1.29 is 8.42 Å². The Bertz CT molecular complexity index is 500. The van der Waals surface area contributed by atoms with E-state index in [4.69, 9.17) is 0 Å². The third kappa shape index (κ3) is 3.31. The lowest BCUT2D eigenvalue weighted by atomic mass is 10.2. The average Bonchev–Trinajstić information content (AvgIpc) is 2.78. The van der Waals surface area contributed by atoms with Gasteiger partial charge in [0.25, 0.3) is 0 Å². The Hall–Kier alpha value is -0.910. The quantitative estimate of drug-likeness (QED) is 0.866. The topological polar surface area (TPSA) is 58.2 Å². The standard InChI is InChI=1S/C13H20N2O2S/c1-10-6-11(2)8-13(7-10)18(16,17)15-9-12-4-3-5-14-12/h6-8,12,14-15H,3-5,9H2,1-2H3. The molecule has 0 aliphatic carbocycles. The smallest absolute Gasteiger partial charge is 0.240 e. The van der Waals surface area contributed by atoms with Gasteiger partial charge in [0.2, 0.25) is 10.0 Å². The summed E-state index contributed by atoms with van der Waals surface area (Å²) in [4.78, 5) is 0.359. The van der Waals surface area contributed by atoms with Crippen LogP contribution in [0.1, 0.15) is 24.0 Å². The molecule has 1 aliphatic rings. The zero-order chi connectivity index (χ0) is 13.2. The van der Waals surface area contributed by atoms with E-state index in [-0.39, 0.29) is 6.04 Å². The van der Waals surface area contributed by atoms with Crippen LogP contribution in [-0.2, 0) is 10.0 Å². The Morgan fingerprint density at radius 2 is 1.94 bits per heavy atom. The maximum atomic E-state index is 12.2. The molecule has 2 rings (SSSR count).